The standard InChI is InChI=1S/C11H15N3OS2/c1-14(6-9(12)15)7-4-3-5-8(17-2)10(7)11(13)16/h3-5H,6H2,1-2H3,(H2,12,15)(H2,13,16). The van der Waals surface area contributed by atoms with Crippen LogP contribution >= 0.6 is 24.0 Å². The van der Waals surface area contributed by atoms with Gasteiger partial charge in [-0.2, -0.15) is 0 Å². The van der Waals surface area contributed by atoms with Crippen molar-refractivity contribution in [2.45, 2.75) is 4.90 Å². The van der Waals surface area contributed by atoms with Gasteiger partial charge in [0.15, 0.2) is 0 Å². The van der Waals surface area contributed by atoms with Gasteiger partial charge in [0.05, 0.1) is 6.54 Å². The van der Waals surface area contributed by atoms with E-state index in [1.54, 1.807) is 23.7 Å². The molecule has 4 nitrogen and oxygen atoms in total. The number of hydrogen-bond acceptors (Lipinski definition) is 4. The molecule has 6 heteroatoms. The molecule has 0 atom stereocenters. The number of carbonyl (C=O) groups is 1. The summed E-state index contributed by atoms with van der Waals surface area (Å²) < 4.78 is 0. The second-order valence-corrected chi connectivity index (χ2v) is 4.83. The fraction of sp³-hybridized carbons (Fsp3) is 0.273. The molecular weight excluding hydrogens is 254 g/mol. The molecule has 0 radical (unpaired) electrons. The third kappa shape index (κ3) is 3.34. The smallest absolute Gasteiger partial charge is 0.236 e. The maximum absolute atomic E-state index is 10.9. The SMILES string of the molecule is CSc1cccc(N(C)CC(N)=O)c1C(N)=S. The lowest BCUT2D eigenvalue weighted by Gasteiger charge is -2.22. The lowest BCUT2D eigenvalue weighted by molar-refractivity contribution is -0.116. The van der Waals surface area contributed by atoms with Gasteiger partial charge in [-0.1, -0.05) is 18.3 Å². The molecule has 92 valence electrons. The monoisotopic (exact) mass is 269 g/mol. The molecule has 0 aliphatic heterocycles. The number of thioether (sulfide) groups is 1. The summed E-state index contributed by atoms with van der Waals surface area (Å²) in [4.78, 5) is 14.0. The van der Waals surface area contributed by atoms with Crippen LogP contribution < -0.4 is 16.4 Å². The zero-order chi connectivity index (χ0) is 13.0. The highest BCUT2D eigenvalue weighted by molar-refractivity contribution is 7.98. The molecule has 0 unspecified atom stereocenters. The molecule has 0 saturated heterocycles. The zero-order valence-electron chi connectivity index (χ0n) is 9.77. The lowest BCUT2D eigenvalue weighted by atomic mass is 10.1. The van der Waals surface area contributed by atoms with E-state index < -0.39 is 5.91 Å². The van der Waals surface area contributed by atoms with Gasteiger partial charge < -0.3 is 16.4 Å². The van der Waals surface area contributed by atoms with E-state index in [1.807, 2.05) is 24.5 Å². The average Bonchev–Trinajstić information content (AvgIpc) is 2.26. The number of carbonyl (C=O) groups excluding carboxylic acids is 1. The number of benzene rings is 1. The van der Waals surface area contributed by atoms with Crippen LogP contribution in [0.3, 0.4) is 0 Å². The summed E-state index contributed by atoms with van der Waals surface area (Å²) in [5.41, 5.74) is 12.5. The minimum absolute atomic E-state index is 0.132. The predicted molar refractivity (Wildman–Crippen MR) is 76.6 cm³/mol. The lowest BCUT2D eigenvalue weighted by Crippen LogP contribution is -2.32. The largest absolute Gasteiger partial charge is 0.389 e. The van der Waals surface area contributed by atoms with Crippen LogP contribution in [0.1, 0.15) is 5.56 Å². The number of thiocarbonyl (C=S) groups is 1. The Morgan fingerprint density at radius 3 is 2.59 bits per heavy atom. The summed E-state index contributed by atoms with van der Waals surface area (Å²) in [6.45, 7) is 0.132. The van der Waals surface area contributed by atoms with Gasteiger partial charge in [-0.05, 0) is 18.4 Å². The van der Waals surface area contributed by atoms with Crippen molar-refractivity contribution in [3.05, 3.63) is 23.8 Å². The second kappa shape index (κ2) is 5.88. The van der Waals surface area contributed by atoms with Gasteiger partial charge >= 0.3 is 0 Å². The topological polar surface area (TPSA) is 72.3 Å². The fourth-order valence-electron chi connectivity index (χ4n) is 1.57. The van der Waals surface area contributed by atoms with Crippen LogP contribution in [0.25, 0.3) is 0 Å². The Hall–Kier alpha value is -1.27. The van der Waals surface area contributed by atoms with E-state index in [2.05, 4.69) is 0 Å². The molecule has 1 rings (SSSR count). The minimum atomic E-state index is -0.393. The van der Waals surface area contributed by atoms with E-state index in [1.165, 1.54) is 0 Å². The van der Waals surface area contributed by atoms with Gasteiger partial charge in [-0.15, -0.1) is 11.8 Å². The van der Waals surface area contributed by atoms with Crippen LogP contribution in [0.4, 0.5) is 5.69 Å². The number of hydrogen-bond donors (Lipinski definition) is 2. The van der Waals surface area contributed by atoms with Gasteiger partial charge in [0.1, 0.15) is 4.99 Å². The minimum Gasteiger partial charge on any atom is -0.389 e. The summed E-state index contributed by atoms with van der Waals surface area (Å²) >= 11 is 6.62. The third-order valence-corrected chi connectivity index (χ3v) is 3.26. The number of anilines is 1. The Balaban J connectivity index is 3.22. The highest BCUT2D eigenvalue weighted by Crippen LogP contribution is 2.28. The van der Waals surface area contributed by atoms with Crippen molar-refractivity contribution in [2.75, 3.05) is 24.7 Å². The number of primary amides is 1. The molecule has 0 saturated carbocycles. The van der Waals surface area contributed by atoms with Gasteiger partial charge in [-0.25, -0.2) is 0 Å². The van der Waals surface area contributed by atoms with Crippen LogP contribution in [0.2, 0.25) is 0 Å². The van der Waals surface area contributed by atoms with Crippen molar-refractivity contribution >= 4 is 40.6 Å². The van der Waals surface area contributed by atoms with E-state index in [9.17, 15) is 4.79 Å². The van der Waals surface area contributed by atoms with E-state index in [4.69, 9.17) is 23.7 Å². The molecular formula is C11H15N3OS2. The first-order valence-electron chi connectivity index (χ1n) is 4.93. The van der Waals surface area contributed by atoms with Crippen molar-refractivity contribution in [3.63, 3.8) is 0 Å². The van der Waals surface area contributed by atoms with Crippen molar-refractivity contribution in [1.29, 1.82) is 0 Å². The van der Waals surface area contributed by atoms with Gasteiger partial charge in [0.25, 0.3) is 0 Å². The maximum atomic E-state index is 10.9. The predicted octanol–water partition coefficient (Wildman–Crippen LogP) is 0.964. The van der Waals surface area contributed by atoms with Crippen molar-refractivity contribution in [3.8, 4) is 0 Å². The number of amides is 1. The van der Waals surface area contributed by atoms with Crippen molar-refractivity contribution in [2.24, 2.45) is 11.5 Å². The normalized spacial score (nSPS) is 10.0. The molecule has 0 aromatic heterocycles. The van der Waals surface area contributed by atoms with Gasteiger partial charge in [-0.3, -0.25) is 4.79 Å². The Kier molecular flexibility index (Phi) is 4.77. The number of likely N-dealkylation sites (N-methyl/N-ethyl adjacent to an activating group) is 1. The molecule has 0 fully saturated rings. The van der Waals surface area contributed by atoms with Crippen LogP contribution in [-0.2, 0) is 4.79 Å². The molecule has 0 bridgehead atoms. The van der Waals surface area contributed by atoms with Gasteiger partial charge in [0.2, 0.25) is 5.91 Å². The first-order chi connectivity index (χ1) is 7.97. The first kappa shape index (κ1) is 13.8. The number of nitrogens with two attached hydrogens (primary N) is 2. The Morgan fingerprint density at radius 2 is 2.12 bits per heavy atom. The first-order valence-corrected chi connectivity index (χ1v) is 6.57. The summed E-state index contributed by atoms with van der Waals surface area (Å²) in [5.74, 6) is -0.393. The highest BCUT2D eigenvalue weighted by atomic mass is 32.2. The molecule has 1 amide bonds. The fourth-order valence-corrected chi connectivity index (χ4v) is 2.49. The Morgan fingerprint density at radius 1 is 1.47 bits per heavy atom. The van der Waals surface area contributed by atoms with E-state index in [0.717, 1.165) is 16.1 Å². The number of nitrogens with zero attached hydrogens (tertiary/aromatic N) is 1. The van der Waals surface area contributed by atoms with E-state index >= 15 is 0 Å². The molecule has 1 aromatic rings. The molecule has 0 spiro atoms. The van der Waals surface area contributed by atoms with E-state index in [0.29, 0.717) is 4.99 Å². The van der Waals surface area contributed by atoms with Crippen LogP contribution in [0.15, 0.2) is 23.1 Å². The Bertz CT molecular complexity index is 448. The highest BCUT2D eigenvalue weighted by Gasteiger charge is 2.14. The van der Waals surface area contributed by atoms with Crippen LogP contribution in [0.5, 0.6) is 0 Å². The molecule has 17 heavy (non-hydrogen) atoms. The number of rotatable bonds is 5. The Labute approximate surface area is 110 Å². The summed E-state index contributed by atoms with van der Waals surface area (Å²) in [6, 6.07) is 5.72. The quantitative estimate of drug-likeness (QED) is 0.615. The van der Waals surface area contributed by atoms with Crippen LogP contribution in [0, 0.1) is 0 Å². The molecule has 4 N–H and O–H groups in total. The van der Waals surface area contributed by atoms with Crippen molar-refractivity contribution in [1.82, 2.24) is 0 Å². The molecule has 0 aliphatic rings. The third-order valence-electron chi connectivity index (χ3n) is 2.27. The zero-order valence-corrected chi connectivity index (χ0v) is 11.4. The summed E-state index contributed by atoms with van der Waals surface area (Å²) in [6.07, 6.45) is 1.95. The van der Waals surface area contributed by atoms with Crippen LogP contribution in [-0.4, -0.2) is 30.7 Å². The maximum Gasteiger partial charge on any atom is 0.236 e. The molecule has 0 heterocycles. The molecule has 1 aromatic carbocycles. The van der Waals surface area contributed by atoms with Crippen molar-refractivity contribution < 1.29 is 4.79 Å². The summed E-state index contributed by atoms with van der Waals surface area (Å²) in [5, 5.41) is 0. The van der Waals surface area contributed by atoms with Gasteiger partial charge in [0, 0.05) is 23.2 Å². The molecule has 0 aliphatic carbocycles. The van der Waals surface area contributed by atoms with E-state index in [-0.39, 0.29) is 6.54 Å². The average molecular weight is 269 g/mol. The summed E-state index contributed by atoms with van der Waals surface area (Å²) in [7, 11) is 1.78. The second-order valence-electron chi connectivity index (χ2n) is 3.54.